The van der Waals surface area contributed by atoms with Gasteiger partial charge in [0.1, 0.15) is 0 Å². The van der Waals surface area contributed by atoms with Gasteiger partial charge in [0.2, 0.25) is 0 Å². The Bertz CT molecular complexity index is 444. The lowest BCUT2D eigenvalue weighted by molar-refractivity contribution is 0.114. The predicted octanol–water partition coefficient (Wildman–Crippen LogP) is 1.98. The van der Waals surface area contributed by atoms with Crippen LogP contribution in [-0.2, 0) is 11.2 Å². The molecule has 2 aliphatic heterocycles. The zero-order chi connectivity index (χ0) is 15.2. The number of rotatable bonds is 6. The van der Waals surface area contributed by atoms with Crippen molar-refractivity contribution in [3.05, 3.63) is 17.8 Å². The van der Waals surface area contributed by atoms with Crippen LogP contribution in [-0.4, -0.2) is 61.5 Å². The summed E-state index contributed by atoms with van der Waals surface area (Å²) in [5.74, 6) is 1.75. The highest BCUT2D eigenvalue weighted by molar-refractivity contribution is 5.38. The first kappa shape index (κ1) is 15.7. The largest absolute Gasteiger partial charge is 0.383 e. The van der Waals surface area contributed by atoms with E-state index in [0.717, 1.165) is 44.2 Å². The third-order valence-corrected chi connectivity index (χ3v) is 4.85. The Morgan fingerprint density at radius 2 is 2.00 bits per heavy atom. The van der Waals surface area contributed by atoms with Crippen molar-refractivity contribution in [3.8, 4) is 0 Å². The molecule has 0 aliphatic carbocycles. The minimum absolute atomic E-state index is 0.706. The summed E-state index contributed by atoms with van der Waals surface area (Å²) in [5.41, 5.74) is 1.14. The molecular weight excluding hydrogens is 276 g/mol. The van der Waals surface area contributed by atoms with Crippen LogP contribution in [0.1, 0.15) is 31.4 Å². The molecule has 0 saturated carbocycles. The maximum Gasteiger partial charge on any atom is 0.151 e. The molecule has 0 amide bonds. The van der Waals surface area contributed by atoms with Gasteiger partial charge in [-0.2, -0.15) is 5.10 Å². The lowest BCUT2D eigenvalue weighted by Gasteiger charge is -2.32. The van der Waals surface area contributed by atoms with E-state index in [1.165, 1.54) is 38.8 Å². The SMILES string of the molecule is COCCN1CCCC(Cc2ccc(N3CCCC3)nn2)C1. The second kappa shape index (κ2) is 7.88. The molecule has 5 nitrogen and oxygen atoms in total. The number of ether oxygens (including phenoxy) is 1. The molecule has 0 bridgehead atoms. The Morgan fingerprint density at radius 1 is 1.14 bits per heavy atom. The van der Waals surface area contributed by atoms with E-state index in [1.54, 1.807) is 7.11 Å². The average Bonchev–Trinajstić information content (AvgIpc) is 3.08. The maximum absolute atomic E-state index is 5.19. The zero-order valence-electron chi connectivity index (χ0n) is 13.7. The molecular formula is C17H28N4O. The van der Waals surface area contributed by atoms with E-state index >= 15 is 0 Å². The fourth-order valence-electron chi connectivity index (χ4n) is 3.61. The van der Waals surface area contributed by atoms with Gasteiger partial charge >= 0.3 is 0 Å². The first-order chi connectivity index (χ1) is 10.8. The van der Waals surface area contributed by atoms with Gasteiger partial charge in [0.15, 0.2) is 5.82 Å². The van der Waals surface area contributed by atoms with Gasteiger partial charge < -0.3 is 14.5 Å². The lowest BCUT2D eigenvalue weighted by Crippen LogP contribution is -2.38. The number of piperidine rings is 1. The summed E-state index contributed by atoms with van der Waals surface area (Å²) in [5, 5.41) is 8.91. The van der Waals surface area contributed by atoms with Gasteiger partial charge in [-0.15, -0.1) is 5.10 Å². The highest BCUT2D eigenvalue weighted by Gasteiger charge is 2.21. The molecule has 0 radical (unpaired) electrons. The lowest BCUT2D eigenvalue weighted by atomic mass is 9.93. The summed E-state index contributed by atoms with van der Waals surface area (Å²) in [6.07, 6.45) is 6.20. The highest BCUT2D eigenvalue weighted by Crippen LogP contribution is 2.21. The van der Waals surface area contributed by atoms with Crippen LogP contribution < -0.4 is 4.90 Å². The smallest absolute Gasteiger partial charge is 0.151 e. The topological polar surface area (TPSA) is 41.5 Å². The van der Waals surface area contributed by atoms with Crippen molar-refractivity contribution in [1.29, 1.82) is 0 Å². The van der Waals surface area contributed by atoms with Crippen molar-refractivity contribution in [2.24, 2.45) is 5.92 Å². The van der Waals surface area contributed by atoms with Crippen LogP contribution in [0.25, 0.3) is 0 Å². The van der Waals surface area contributed by atoms with E-state index in [9.17, 15) is 0 Å². The molecule has 3 rings (SSSR count). The molecule has 22 heavy (non-hydrogen) atoms. The van der Waals surface area contributed by atoms with Crippen molar-refractivity contribution in [2.75, 3.05) is 51.3 Å². The van der Waals surface area contributed by atoms with Crippen LogP contribution in [0.4, 0.5) is 5.82 Å². The second-order valence-electron chi connectivity index (χ2n) is 6.58. The van der Waals surface area contributed by atoms with Crippen molar-refractivity contribution in [3.63, 3.8) is 0 Å². The van der Waals surface area contributed by atoms with Gasteiger partial charge in [-0.05, 0) is 56.7 Å². The summed E-state index contributed by atoms with van der Waals surface area (Å²) in [4.78, 5) is 4.85. The minimum atomic E-state index is 0.706. The van der Waals surface area contributed by atoms with Crippen LogP contribution in [0.3, 0.4) is 0 Å². The molecule has 5 heteroatoms. The fourth-order valence-corrected chi connectivity index (χ4v) is 3.61. The van der Waals surface area contributed by atoms with Crippen molar-refractivity contribution in [1.82, 2.24) is 15.1 Å². The zero-order valence-corrected chi connectivity index (χ0v) is 13.7. The van der Waals surface area contributed by atoms with E-state index in [-0.39, 0.29) is 0 Å². The molecule has 0 N–H and O–H groups in total. The van der Waals surface area contributed by atoms with Crippen LogP contribution in [0.5, 0.6) is 0 Å². The molecule has 1 atom stereocenters. The standard InChI is InChI=1S/C17H28N4O/c1-22-12-11-20-8-4-5-15(14-20)13-16-6-7-17(19-18-16)21-9-2-3-10-21/h6-7,15H,2-5,8-14H2,1H3. The normalized spacial score (nSPS) is 23.1. The maximum atomic E-state index is 5.19. The minimum Gasteiger partial charge on any atom is -0.383 e. The first-order valence-corrected chi connectivity index (χ1v) is 8.64. The van der Waals surface area contributed by atoms with Crippen LogP contribution in [0, 0.1) is 5.92 Å². The fraction of sp³-hybridized carbons (Fsp3) is 0.765. The third-order valence-electron chi connectivity index (χ3n) is 4.85. The highest BCUT2D eigenvalue weighted by atomic mass is 16.5. The predicted molar refractivity (Wildman–Crippen MR) is 88.2 cm³/mol. The van der Waals surface area contributed by atoms with Gasteiger partial charge in [-0.3, -0.25) is 0 Å². The third kappa shape index (κ3) is 4.17. The van der Waals surface area contributed by atoms with Gasteiger partial charge in [-0.1, -0.05) is 0 Å². The van der Waals surface area contributed by atoms with Crippen molar-refractivity contribution in [2.45, 2.75) is 32.1 Å². The molecule has 2 aliphatic rings. The van der Waals surface area contributed by atoms with Crippen molar-refractivity contribution < 1.29 is 4.74 Å². The molecule has 0 spiro atoms. The molecule has 3 heterocycles. The summed E-state index contributed by atoms with van der Waals surface area (Å²) in [6, 6.07) is 4.33. The molecule has 2 fully saturated rings. The quantitative estimate of drug-likeness (QED) is 0.804. The Morgan fingerprint density at radius 3 is 2.73 bits per heavy atom. The van der Waals surface area contributed by atoms with Gasteiger partial charge in [0.05, 0.1) is 12.3 Å². The summed E-state index contributed by atoms with van der Waals surface area (Å²) in [7, 11) is 1.78. The molecule has 1 aromatic rings. The van der Waals surface area contributed by atoms with E-state index < -0.39 is 0 Å². The molecule has 0 aromatic carbocycles. The van der Waals surface area contributed by atoms with Gasteiger partial charge in [0.25, 0.3) is 0 Å². The number of anilines is 1. The summed E-state index contributed by atoms with van der Waals surface area (Å²) < 4.78 is 5.19. The number of aromatic nitrogens is 2. The Kier molecular flexibility index (Phi) is 5.62. The Balaban J connectivity index is 1.51. The number of methoxy groups -OCH3 is 1. The number of hydrogen-bond acceptors (Lipinski definition) is 5. The van der Waals surface area contributed by atoms with Crippen LogP contribution >= 0.6 is 0 Å². The number of hydrogen-bond donors (Lipinski definition) is 0. The van der Waals surface area contributed by atoms with Crippen LogP contribution in [0.2, 0.25) is 0 Å². The molecule has 122 valence electrons. The van der Waals surface area contributed by atoms with Crippen molar-refractivity contribution >= 4 is 5.82 Å². The average molecular weight is 304 g/mol. The molecule has 2 saturated heterocycles. The molecule has 1 aromatic heterocycles. The number of likely N-dealkylation sites (tertiary alicyclic amines) is 1. The Hall–Kier alpha value is -1.20. The van der Waals surface area contributed by atoms with E-state index in [2.05, 4.69) is 32.1 Å². The Labute approximate surface area is 133 Å². The number of nitrogens with zero attached hydrogens (tertiary/aromatic N) is 4. The second-order valence-corrected chi connectivity index (χ2v) is 6.58. The van der Waals surface area contributed by atoms with E-state index in [0.29, 0.717) is 5.92 Å². The van der Waals surface area contributed by atoms with E-state index in [4.69, 9.17) is 4.74 Å². The molecule has 1 unspecified atom stereocenters. The first-order valence-electron chi connectivity index (χ1n) is 8.64. The van der Waals surface area contributed by atoms with Gasteiger partial charge in [0, 0.05) is 33.3 Å². The van der Waals surface area contributed by atoms with Crippen LogP contribution in [0.15, 0.2) is 12.1 Å². The van der Waals surface area contributed by atoms with E-state index in [1.807, 2.05) is 0 Å². The van der Waals surface area contributed by atoms with Gasteiger partial charge in [-0.25, -0.2) is 0 Å². The summed E-state index contributed by atoms with van der Waals surface area (Å²) >= 11 is 0. The monoisotopic (exact) mass is 304 g/mol. The summed E-state index contributed by atoms with van der Waals surface area (Å²) in [6.45, 7) is 6.51.